The number of hydrogen-bond acceptors (Lipinski definition) is 3. The molecular formula is C14H25NOS. The molecule has 0 aromatic rings. The van der Waals surface area contributed by atoms with E-state index in [0.717, 1.165) is 18.6 Å². The molecule has 1 aliphatic carbocycles. The molecule has 3 fully saturated rings. The zero-order valence-corrected chi connectivity index (χ0v) is 11.6. The molecular weight excluding hydrogens is 230 g/mol. The minimum absolute atomic E-state index is 0.247. The van der Waals surface area contributed by atoms with Crippen LogP contribution in [0, 0.1) is 5.92 Å². The molecule has 2 atom stereocenters. The third-order valence-electron chi connectivity index (χ3n) is 4.48. The molecule has 1 spiro atoms. The first-order valence-electron chi connectivity index (χ1n) is 7.31. The van der Waals surface area contributed by atoms with Gasteiger partial charge in [-0.25, -0.2) is 0 Å². The first-order chi connectivity index (χ1) is 8.36. The van der Waals surface area contributed by atoms with Crippen LogP contribution in [0.25, 0.3) is 0 Å². The van der Waals surface area contributed by atoms with Crippen molar-refractivity contribution < 1.29 is 4.74 Å². The van der Waals surface area contributed by atoms with Gasteiger partial charge in [0.25, 0.3) is 0 Å². The van der Waals surface area contributed by atoms with Crippen molar-refractivity contribution in [2.75, 3.05) is 24.7 Å². The van der Waals surface area contributed by atoms with Crippen LogP contribution in [0.1, 0.15) is 44.9 Å². The van der Waals surface area contributed by atoms with Crippen molar-refractivity contribution in [1.29, 1.82) is 0 Å². The van der Waals surface area contributed by atoms with E-state index >= 15 is 0 Å². The molecule has 2 unspecified atom stereocenters. The van der Waals surface area contributed by atoms with Crippen LogP contribution in [0.2, 0.25) is 0 Å². The first kappa shape index (κ1) is 12.3. The summed E-state index contributed by atoms with van der Waals surface area (Å²) in [5.74, 6) is 3.62. The normalized spacial score (nSPS) is 37.8. The van der Waals surface area contributed by atoms with Crippen molar-refractivity contribution in [3.8, 4) is 0 Å². The van der Waals surface area contributed by atoms with Gasteiger partial charge in [0.2, 0.25) is 0 Å². The molecule has 2 aliphatic heterocycles. The van der Waals surface area contributed by atoms with Gasteiger partial charge >= 0.3 is 0 Å². The molecule has 98 valence electrons. The summed E-state index contributed by atoms with van der Waals surface area (Å²) in [6.07, 6.45) is 9.58. The van der Waals surface area contributed by atoms with Crippen LogP contribution < -0.4 is 5.32 Å². The van der Waals surface area contributed by atoms with Crippen LogP contribution in [-0.4, -0.2) is 36.3 Å². The Morgan fingerprint density at radius 2 is 2.24 bits per heavy atom. The van der Waals surface area contributed by atoms with E-state index in [0.29, 0.717) is 0 Å². The average molecular weight is 255 g/mol. The van der Waals surface area contributed by atoms with Crippen LogP contribution >= 0.6 is 11.8 Å². The van der Waals surface area contributed by atoms with E-state index < -0.39 is 0 Å². The molecule has 0 aromatic carbocycles. The maximum absolute atomic E-state index is 6.05. The van der Waals surface area contributed by atoms with Crippen molar-refractivity contribution in [2.24, 2.45) is 5.92 Å². The standard InChI is InChI=1S/C14H25NOS/c1(2-12-3-4-12)7-15-13-5-8-16-14(10-13)6-9-17-11-14/h12-13,15H,1-11H2. The molecule has 0 radical (unpaired) electrons. The van der Waals surface area contributed by atoms with E-state index in [1.165, 1.54) is 63.0 Å². The Morgan fingerprint density at radius 1 is 1.29 bits per heavy atom. The zero-order valence-electron chi connectivity index (χ0n) is 10.7. The summed E-state index contributed by atoms with van der Waals surface area (Å²) in [6.45, 7) is 2.20. The van der Waals surface area contributed by atoms with Gasteiger partial charge in [0.15, 0.2) is 0 Å². The number of ether oxygens (including phenoxy) is 1. The molecule has 1 saturated carbocycles. The highest BCUT2D eigenvalue weighted by molar-refractivity contribution is 7.99. The third-order valence-corrected chi connectivity index (χ3v) is 5.70. The van der Waals surface area contributed by atoms with Crippen LogP contribution in [0.5, 0.6) is 0 Å². The van der Waals surface area contributed by atoms with E-state index in [4.69, 9.17) is 4.74 Å². The second-order valence-electron chi connectivity index (χ2n) is 6.06. The zero-order chi connectivity index (χ0) is 11.6. The van der Waals surface area contributed by atoms with Crippen LogP contribution in [-0.2, 0) is 4.74 Å². The van der Waals surface area contributed by atoms with Gasteiger partial charge in [0.05, 0.1) is 5.60 Å². The topological polar surface area (TPSA) is 21.3 Å². The largest absolute Gasteiger partial charge is 0.374 e. The molecule has 0 amide bonds. The average Bonchev–Trinajstić information content (AvgIpc) is 3.07. The Morgan fingerprint density at radius 3 is 3.00 bits per heavy atom. The molecule has 0 aromatic heterocycles. The van der Waals surface area contributed by atoms with E-state index in [2.05, 4.69) is 17.1 Å². The lowest BCUT2D eigenvalue weighted by molar-refractivity contribution is -0.0700. The van der Waals surface area contributed by atoms with E-state index in [9.17, 15) is 0 Å². The number of nitrogens with one attached hydrogen (secondary N) is 1. The highest BCUT2D eigenvalue weighted by Crippen LogP contribution is 2.38. The Hall–Kier alpha value is 0.270. The van der Waals surface area contributed by atoms with Gasteiger partial charge in [0.1, 0.15) is 0 Å². The molecule has 2 heterocycles. The molecule has 0 bridgehead atoms. The minimum atomic E-state index is 0.247. The predicted molar refractivity (Wildman–Crippen MR) is 73.6 cm³/mol. The van der Waals surface area contributed by atoms with Crippen molar-refractivity contribution >= 4 is 11.8 Å². The summed E-state index contributed by atoms with van der Waals surface area (Å²) in [5.41, 5.74) is 0.247. The molecule has 2 saturated heterocycles. The van der Waals surface area contributed by atoms with Gasteiger partial charge < -0.3 is 10.1 Å². The molecule has 2 nitrogen and oxygen atoms in total. The summed E-state index contributed by atoms with van der Waals surface area (Å²) in [7, 11) is 0. The summed E-state index contributed by atoms with van der Waals surface area (Å²) in [4.78, 5) is 0. The lowest BCUT2D eigenvalue weighted by atomic mass is 9.90. The fraction of sp³-hybridized carbons (Fsp3) is 1.00. The van der Waals surface area contributed by atoms with Crippen LogP contribution in [0.4, 0.5) is 0 Å². The highest BCUT2D eigenvalue weighted by atomic mass is 32.2. The monoisotopic (exact) mass is 255 g/mol. The summed E-state index contributed by atoms with van der Waals surface area (Å²) in [6, 6.07) is 0.724. The molecule has 17 heavy (non-hydrogen) atoms. The lowest BCUT2D eigenvalue weighted by Crippen LogP contribution is -2.47. The van der Waals surface area contributed by atoms with Gasteiger partial charge in [-0.05, 0) is 50.3 Å². The molecule has 1 N–H and O–H groups in total. The van der Waals surface area contributed by atoms with Gasteiger partial charge in [0, 0.05) is 18.4 Å². The second-order valence-corrected chi connectivity index (χ2v) is 7.17. The van der Waals surface area contributed by atoms with Gasteiger partial charge in [-0.15, -0.1) is 0 Å². The van der Waals surface area contributed by atoms with Crippen molar-refractivity contribution in [2.45, 2.75) is 56.6 Å². The summed E-state index contributed by atoms with van der Waals surface area (Å²) in [5, 5.41) is 3.77. The van der Waals surface area contributed by atoms with E-state index in [1.807, 2.05) is 0 Å². The van der Waals surface area contributed by atoms with Gasteiger partial charge in [-0.3, -0.25) is 0 Å². The Labute approximate surface area is 109 Å². The smallest absolute Gasteiger partial charge is 0.0795 e. The van der Waals surface area contributed by atoms with Crippen molar-refractivity contribution in [3.05, 3.63) is 0 Å². The van der Waals surface area contributed by atoms with Crippen LogP contribution in [0.15, 0.2) is 0 Å². The number of hydrogen-bond donors (Lipinski definition) is 1. The van der Waals surface area contributed by atoms with E-state index in [-0.39, 0.29) is 5.60 Å². The summed E-state index contributed by atoms with van der Waals surface area (Å²) >= 11 is 2.07. The molecule has 3 aliphatic rings. The number of thioether (sulfide) groups is 1. The minimum Gasteiger partial charge on any atom is -0.374 e. The summed E-state index contributed by atoms with van der Waals surface area (Å²) < 4.78 is 6.05. The third kappa shape index (κ3) is 3.39. The quantitative estimate of drug-likeness (QED) is 0.763. The molecule has 3 heteroatoms. The Balaban J connectivity index is 1.37. The number of rotatable bonds is 5. The first-order valence-corrected chi connectivity index (χ1v) is 8.47. The maximum Gasteiger partial charge on any atom is 0.0795 e. The predicted octanol–water partition coefficient (Wildman–Crippen LogP) is 2.82. The SMILES string of the molecule is C(CNC1CCOC2(CCSC2)C1)CC1CC1. The van der Waals surface area contributed by atoms with E-state index in [1.54, 1.807) is 0 Å². The fourth-order valence-corrected chi connectivity index (χ4v) is 4.55. The second kappa shape index (κ2) is 5.50. The fourth-order valence-electron chi connectivity index (χ4n) is 3.17. The van der Waals surface area contributed by atoms with Gasteiger partial charge in [-0.1, -0.05) is 12.8 Å². The van der Waals surface area contributed by atoms with Crippen molar-refractivity contribution in [1.82, 2.24) is 5.32 Å². The Bertz CT molecular complexity index is 249. The Kier molecular flexibility index (Phi) is 3.98. The maximum atomic E-state index is 6.05. The van der Waals surface area contributed by atoms with Gasteiger partial charge in [-0.2, -0.15) is 11.8 Å². The van der Waals surface area contributed by atoms with Crippen LogP contribution in [0.3, 0.4) is 0 Å². The van der Waals surface area contributed by atoms with Crippen molar-refractivity contribution in [3.63, 3.8) is 0 Å². The lowest BCUT2D eigenvalue weighted by Gasteiger charge is -2.38. The highest BCUT2D eigenvalue weighted by Gasteiger charge is 2.40. The molecule has 3 rings (SSSR count).